The molecular formula is C14H24N2O4S. The summed E-state index contributed by atoms with van der Waals surface area (Å²) in [6.07, 6.45) is 3.36. The monoisotopic (exact) mass is 316 g/mol. The molecule has 0 aliphatic rings. The Morgan fingerprint density at radius 1 is 1.10 bits per heavy atom. The summed E-state index contributed by atoms with van der Waals surface area (Å²) in [5.74, 6) is 0.525. The Kier molecular flexibility index (Phi) is 8.11. The van der Waals surface area contributed by atoms with Gasteiger partial charge in [0.2, 0.25) is 10.0 Å². The Balaban J connectivity index is 2.16. The zero-order valence-electron chi connectivity index (χ0n) is 12.1. The molecule has 7 heteroatoms. The van der Waals surface area contributed by atoms with E-state index in [0.717, 1.165) is 25.7 Å². The Bertz CT molecular complexity index is 488. The van der Waals surface area contributed by atoms with E-state index in [0.29, 0.717) is 18.0 Å². The third kappa shape index (κ3) is 8.54. The van der Waals surface area contributed by atoms with Gasteiger partial charge >= 0.3 is 0 Å². The molecule has 0 unspecified atom stereocenters. The quantitative estimate of drug-likeness (QED) is 0.419. The number of hydrogen-bond acceptors (Lipinski definition) is 5. The van der Waals surface area contributed by atoms with Crippen LogP contribution in [0.25, 0.3) is 0 Å². The van der Waals surface area contributed by atoms with E-state index in [1.165, 1.54) is 0 Å². The van der Waals surface area contributed by atoms with Crippen LogP contribution in [0.4, 0.5) is 5.69 Å². The number of ether oxygens (including phenoxy) is 1. The van der Waals surface area contributed by atoms with E-state index in [9.17, 15) is 8.42 Å². The van der Waals surface area contributed by atoms with Crippen LogP contribution in [0.5, 0.6) is 5.75 Å². The van der Waals surface area contributed by atoms with E-state index in [1.807, 2.05) is 0 Å². The van der Waals surface area contributed by atoms with Crippen molar-refractivity contribution in [1.29, 1.82) is 0 Å². The van der Waals surface area contributed by atoms with Gasteiger partial charge in [0.1, 0.15) is 12.4 Å². The van der Waals surface area contributed by atoms with Gasteiger partial charge in [-0.1, -0.05) is 12.8 Å². The van der Waals surface area contributed by atoms with Gasteiger partial charge in [-0.05, 0) is 37.1 Å². The zero-order chi connectivity index (χ0) is 15.6. The number of unbranched alkanes of at least 4 members (excludes halogenated alkanes) is 3. The maximum Gasteiger partial charge on any atom is 0.214 e. The lowest BCUT2D eigenvalue weighted by Crippen LogP contribution is -2.29. The normalized spacial score (nSPS) is 11.5. The minimum absolute atomic E-state index is 0.0754. The molecule has 21 heavy (non-hydrogen) atoms. The number of sulfonamides is 1. The molecular weight excluding hydrogens is 292 g/mol. The van der Waals surface area contributed by atoms with Crippen molar-refractivity contribution in [3.8, 4) is 5.75 Å². The number of benzene rings is 1. The Morgan fingerprint density at radius 2 is 1.76 bits per heavy atom. The zero-order valence-corrected chi connectivity index (χ0v) is 12.9. The minimum atomic E-state index is -3.30. The van der Waals surface area contributed by atoms with Crippen LogP contribution >= 0.6 is 0 Å². The summed E-state index contributed by atoms with van der Waals surface area (Å²) in [6.45, 7) is 0.716. The lowest BCUT2D eigenvalue weighted by Gasteiger charge is -2.08. The lowest BCUT2D eigenvalue weighted by molar-refractivity contribution is 0.282. The number of nitrogens with two attached hydrogens (primary N) is 1. The maximum absolute atomic E-state index is 11.7. The number of rotatable bonds is 11. The molecule has 0 spiro atoms. The first kappa shape index (κ1) is 17.7. The molecule has 1 aromatic carbocycles. The van der Waals surface area contributed by atoms with Crippen molar-refractivity contribution in [3.63, 3.8) is 0 Å². The fourth-order valence-corrected chi connectivity index (χ4v) is 2.63. The highest BCUT2D eigenvalue weighted by Gasteiger charge is 2.09. The van der Waals surface area contributed by atoms with Gasteiger partial charge in [-0.15, -0.1) is 0 Å². The van der Waals surface area contributed by atoms with Crippen molar-refractivity contribution in [1.82, 2.24) is 4.72 Å². The molecule has 6 nitrogen and oxygen atoms in total. The fourth-order valence-electron chi connectivity index (χ4n) is 1.72. The van der Waals surface area contributed by atoms with Crippen LogP contribution in [-0.4, -0.2) is 39.0 Å². The molecule has 0 atom stereocenters. The van der Waals surface area contributed by atoms with Crippen LogP contribution in [0.15, 0.2) is 24.3 Å². The van der Waals surface area contributed by atoms with E-state index in [-0.39, 0.29) is 19.0 Å². The summed E-state index contributed by atoms with van der Waals surface area (Å²) in [5, 5.41) is 8.63. The van der Waals surface area contributed by atoms with Crippen LogP contribution < -0.4 is 15.2 Å². The maximum atomic E-state index is 11.7. The van der Waals surface area contributed by atoms with Crippen molar-refractivity contribution in [2.24, 2.45) is 0 Å². The summed E-state index contributed by atoms with van der Waals surface area (Å²) in [7, 11) is -3.30. The van der Waals surface area contributed by atoms with E-state index < -0.39 is 10.0 Å². The van der Waals surface area contributed by atoms with E-state index in [1.54, 1.807) is 24.3 Å². The first-order valence-electron chi connectivity index (χ1n) is 7.10. The van der Waals surface area contributed by atoms with Gasteiger partial charge in [0.25, 0.3) is 0 Å². The van der Waals surface area contributed by atoms with Crippen molar-refractivity contribution in [2.45, 2.75) is 25.7 Å². The average Bonchev–Trinajstić information content (AvgIpc) is 2.45. The molecule has 1 aromatic rings. The van der Waals surface area contributed by atoms with Gasteiger partial charge in [-0.2, -0.15) is 0 Å². The van der Waals surface area contributed by atoms with Crippen molar-refractivity contribution in [2.75, 3.05) is 31.2 Å². The van der Waals surface area contributed by atoms with E-state index in [2.05, 4.69) is 4.72 Å². The van der Waals surface area contributed by atoms with Crippen molar-refractivity contribution in [3.05, 3.63) is 24.3 Å². The average molecular weight is 316 g/mol. The second-order valence-corrected chi connectivity index (χ2v) is 6.69. The highest BCUT2D eigenvalue weighted by atomic mass is 32.2. The van der Waals surface area contributed by atoms with Crippen LogP contribution in [0, 0.1) is 0 Å². The third-order valence-electron chi connectivity index (χ3n) is 2.91. The lowest BCUT2D eigenvalue weighted by atomic mass is 10.2. The number of nitrogen functional groups attached to an aromatic ring is 1. The molecule has 0 aliphatic heterocycles. The van der Waals surface area contributed by atoms with Gasteiger partial charge in [0.05, 0.1) is 5.75 Å². The van der Waals surface area contributed by atoms with E-state index >= 15 is 0 Å². The summed E-state index contributed by atoms with van der Waals surface area (Å²) in [5.41, 5.74) is 6.18. The number of hydrogen-bond donors (Lipinski definition) is 3. The predicted molar refractivity (Wildman–Crippen MR) is 83.7 cm³/mol. The van der Waals surface area contributed by atoms with Crippen LogP contribution in [-0.2, 0) is 10.0 Å². The molecule has 4 N–H and O–H groups in total. The molecule has 0 bridgehead atoms. The summed E-state index contributed by atoms with van der Waals surface area (Å²) < 4.78 is 31.3. The van der Waals surface area contributed by atoms with Gasteiger partial charge < -0.3 is 15.6 Å². The molecule has 0 radical (unpaired) electrons. The second-order valence-electron chi connectivity index (χ2n) is 4.77. The molecule has 0 heterocycles. The molecule has 0 saturated carbocycles. The largest absolute Gasteiger partial charge is 0.492 e. The summed E-state index contributed by atoms with van der Waals surface area (Å²) in [6, 6.07) is 6.82. The first-order chi connectivity index (χ1) is 10.0. The Labute approximate surface area is 126 Å². The van der Waals surface area contributed by atoms with Gasteiger partial charge in [0, 0.05) is 18.8 Å². The van der Waals surface area contributed by atoms with Crippen LogP contribution in [0.1, 0.15) is 25.7 Å². The van der Waals surface area contributed by atoms with Gasteiger partial charge in [0.15, 0.2) is 0 Å². The SMILES string of the molecule is Nc1ccc(OCCS(=O)(=O)NCCCCCCO)cc1. The molecule has 0 aliphatic carbocycles. The molecule has 0 fully saturated rings. The van der Waals surface area contributed by atoms with E-state index in [4.69, 9.17) is 15.6 Å². The predicted octanol–water partition coefficient (Wildman–Crippen LogP) is 1.12. The molecule has 120 valence electrons. The number of aliphatic hydroxyl groups excluding tert-OH is 1. The van der Waals surface area contributed by atoms with Gasteiger partial charge in [-0.3, -0.25) is 0 Å². The number of aliphatic hydroxyl groups is 1. The smallest absolute Gasteiger partial charge is 0.214 e. The highest BCUT2D eigenvalue weighted by Crippen LogP contribution is 2.12. The molecule has 0 saturated heterocycles. The third-order valence-corrected chi connectivity index (χ3v) is 4.26. The Hall–Kier alpha value is -1.31. The minimum Gasteiger partial charge on any atom is -0.492 e. The Morgan fingerprint density at radius 3 is 2.43 bits per heavy atom. The first-order valence-corrected chi connectivity index (χ1v) is 8.75. The topological polar surface area (TPSA) is 102 Å². The molecule has 1 rings (SSSR count). The van der Waals surface area contributed by atoms with Crippen molar-refractivity contribution >= 4 is 15.7 Å². The summed E-state index contributed by atoms with van der Waals surface area (Å²) >= 11 is 0. The molecule has 0 aromatic heterocycles. The standard InChI is InChI=1S/C14H24N2O4S/c15-13-5-7-14(8-6-13)20-11-12-21(18,19)16-9-3-1-2-4-10-17/h5-8,16-17H,1-4,9-12,15H2. The van der Waals surface area contributed by atoms with Crippen molar-refractivity contribution < 1.29 is 18.3 Å². The highest BCUT2D eigenvalue weighted by molar-refractivity contribution is 7.89. The van der Waals surface area contributed by atoms with Crippen LogP contribution in [0.3, 0.4) is 0 Å². The van der Waals surface area contributed by atoms with Gasteiger partial charge in [-0.25, -0.2) is 13.1 Å². The second kappa shape index (κ2) is 9.59. The summed E-state index contributed by atoms with van der Waals surface area (Å²) in [4.78, 5) is 0. The fraction of sp³-hybridized carbons (Fsp3) is 0.571. The molecule has 0 amide bonds. The van der Waals surface area contributed by atoms with Crippen LogP contribution in [0.2, 0.25) is 0 Å². The number of nitrogens with one attached hydrogen (secondary N) is 1. The number of anilines is 1.